The van der Waals surface area contributed by atoms with E-state index in [4.69, 9.17) is 4.74 Å². The molecule has 23 heavy (non-hydrogen) atoms. The Morgan fingerprint density at radius 2 is 1.87 bits per heavy atom. The van der Waals surface area contributed by atoms with Crippen LogP contribution in [0.25, 0.3) is 0 Å². The van der Waals surface area contributed by atoms with Crippen LogP contribution in [0.3, 0.4) is 0 Å². The van der Waals surface area contributed by atoms with Crippen LogP contribution in [0.1, 0.15) is 38.9 Å². The van der Waals surface area contributed by atoms with Crippen molar-refractivity contribution in [3.63, 3.8) is 0 Å². The van der Waals surface area contributed by atoms with Gasteiger partial charge >= 0.3 is 6.09 Å². The minimum Gasteiger partial charge on any atom is -0.444 e. The fraction of sp³-hybridized carbons (Fsp3) is 0.471. The lowest BCUT2D eigenvalue weighted by atomic mass is 10.1. The number of benzene rings is 1. The summed E-state index contributed by atoms with van der Waals surface area (Å²) >= 11 is 3.45. The van der Waals surface area contributed by atoms with Crippen LogP contribution in [0.2, 0.25) is 0 Å². The molecule has 0 aromatic heterocycles. The van der Waals surface area contributed by atoms with Crippen molar-refractivity contribution in [1.82, 2.24) is 15.5 Å². The number of amides is 1. The van der Waals surface area contributed by atoms with Crippen molar-refractivity contribution in [3.8, 4) is 0 Å². The van der Waals surface area contributed by atoms with Crippen molar-refractivity contribution in [3.05, 3.63) is 45.7 Å². The van der Waals surface area contributed by atoms with Gasteiger partial charge in [0.2, 0.25) is 0 Å². The van der Waals surface area contributed by atoms with Crippen LogP contribution in [0.15, 0.2) is 40.1 Å². The number of nitrogens with zero attached hydrogens (tertiary/aromatic N) is 1. The summed E-state index contributed by atoms with van der Waals surface area (Å²) in [5.74, 6) is 0. The van der Waals surface area contributed by atoms with Crippen molar-refractivity contribution in [2.24, 2.45) is 0 Å². The zero-order valence-corrected chi connectivity index (χ0v) is 15.2. The Kier molecular flexibility index (Phi) is 4.27. The average Bonchev–Trinajstić information content (AvgIpc) is 2.89. The summed E-state index contributed by atoms with van der Waals surface area (Å²) < 4.78 is 6.52. The van der Waals surface area contributed by atoms with Crippen LogP contribution in [0, 0.1) is 0 Å². The van der Waals surface area contributed by atoms with Crippen LogP contribution >= 0.6 is 15.9 Å². The van der Waals surface area contributed by atoms with E-state index in [1.807, 2.05) is 32.9 Å². The van der Waals surface area contributed by atoms with Crippen LogP contribution in [-0.4, -0.2) is 29.7 Å². The fourth-order valence-corrected chi connectivity index (χ4v) is 3.01. The molecule has 1 aromatic carbocycles. The number of nitrogens with one attached hydrogen (secondary N) is 2. The number of hydrogen-bond acceptors (Lipinski definition) is 4. The van der Waals surface area contributed by atoms with Gasteiger partial charge in [-0.05, 0) is 38.5 Å². The second kappa shape index (κ2) is 6.07. The van der Waals surface area contributed by atoms with Crippen molar-refractivity contribution in [1.29, 1.82) is 0 Å². The SMILES string of the molecule is CC(C)(C)OC(=O)N1CCC2=C(C1)NC(c1ccc(Br)cc1)N2. The van der Waals surface area contributed by atoms with Crippen LogP contribution in [0.5, 0.6) is 0 Å². The van der Waals surface area contributed by atoms with E-state index in [0.29, 0.717) is 13.1 Å². The summed E-state index contributed by atoms with van der Waals surface area (Å²) in [5, 5.41) is 6.99. The Hall–Kier alpha value is -1.69. The molecule has 2 aliphatic rings. The number of rotatable bonds is 1. The first-order chi connectivity index (χ1) is 10.8. The van der Waals surface area contributed by atoms with Gasteiger partial charge in [0.1, 0.15) is 11.8 Å². The van der Waals surface area contributed by atoms with Gasteiger partial charge in [0, 0.05) is 23.1 Å². The summed E-state index contributed by atoms with van der Waals surface area (Å²) in [6.07, 6.45) is 0.624. The monoisotopic (exact) mass is 379 g/mol. The number of ether oxygens (including phenoxy) is 1. The van der Waals surface area contributed by atoms with Gasteiger partial charge in [0.05, 0.1) is 12.2 Å². The third-order valence-corrected chi connectivity index (χ3v) is 4.37. The van der Waals surface area contributed by atoms with Crippen LogP contribution in [-0.2, 0) is 4.74 Å². The maximum Gasteiger partial charge on any atom is 0.410 e. The molecule has 0 bridgehead atoms. The van der Waals surface area contributed by atoms with E-state index in [2.05, 4.69) is 38.7 Å². The number of carbonyl (C=O) groups excluding carboxylic acids is 1. The molecule has 3 rings (SSSR count). The highest BCUT2D eigenvalue weighted by atomic mass is 79.9. The van der Waals surface area contributed by atoms with Gasteiger partial charge in [-0.15, -0.1) is 0 Å². The van der Waals surface area contributed by atoms with Crippen LogP contribution in [0.4, 0.5) is 4.79 Å². The molecule has 1 atom stereocenters. The lowest BCUT2D eigenvalue weighted by Gasteiger charge is -2.30. The van der Waals surface area contributed by atoms with Crippen molar-refractivity contribution < 1.29 is 9.53 Å². The third-order valence-electron chi connectivity index (χ3n) is 3.84. The molecule has 0 spiro atoms. The highest BCUT2D eigenvalue weighted by molar-refractivity contribution is 9.10. The second-order valence-corrected chi connectivity index (χ2v) is 7.80. The molecule has 6 heteroatoms. The smallest absolute Gasteiger partial charge is 0.410 e. The van der Waals surface area contributed by atoms with E-state index in [0.717, 1.165) is 16.6 Å². The first kappa shape index (κ1) is 16.2. The Labute approximate surface area is 145 Å². The van der Waals surface area contributed by atoms with Crippen LogP contribution < -0.4 is 10.6 Å². The third kappa shape index (κ3) is 3.80. The standard InChI is InChI=1S/C17H22BrN3O2/c1-17(2,3)23-16(22)21-9-8-13-14(10-21)20-15(19-13)11-4-6-12(18)7-5-11/h4-7,15,19-20H,8-10H2,1-3H3. The Morgan fingerprint density at radius 3 is 2.52 bits per heavy atom. The molecule has 1 amide bonds. The molecule has 2 heterocycles. The van der Waals surface area contributed by atoms with Crippen molar-refractivity contribution in [2.75, 3.05) is 13.1 Å². The maximum absolute atomic E-state index is 12.2. The van der Waals surface area contributed by atoms with E-state index in [-0.39, 0.29) is 12.3 Å². The minimum atomic E-state index is -0.465. The van der Waals surface area contributed by atoms with E-state index in [1.54, 1.807) is 4.90 Å². The van der Waals surface area contributed by atoms with Gasteiger partial charge in [-0.25, -0.2) is 4.79 Å². The minimum absolute atomic E-state index is 0.0617. The predicted octanol–water partition coefficient (Wildman–Crippen LogP) is 3.49. The molecular weight excluding hydrogens is 358 g/mol. The molecule has 1 aromatic rings. The molecule has 0 fully saturated rings. The van der Waals surface area contributed by atoms with Gasteiger partial charge in [0.15, 0.2) is 0 Å². The van der Waals surface area contributed by atoms with E-state index < -0.39 is 5.60 Å². The molecule has 2 aliphatic heterocycles. The first-order valence-corrected chi connectivity index (χ1v) is 8.59. The Balaban J connectivity index is 1.64. The number of carbonyl (C=O) groups is 1. The highest BCUT2D eigenvalue weighted by Crippen LogP contribution is 2.27. The molecule has 0 radical (unpaired) electrons. The molecule has 0 saturated heterocycles. The van der Waals surface area contributed by atoms with Gasteiger partial charge in [-0.1, -0.05) is 28.1 Å². The van der Waals surface area contributed by atoms with Crippen molar-refractivity contribution >= 4 is 22.0 Å². The first-order valence-electron chi connectivity index (χ1n) is 7.80. The summed E-state index contributed by atoms with van der Waals surface area (Å²) in [6, 6.07) is 8.23. The summed E-state index contributed by atoms with van der Waals surface area (Å²) in [7, 11) is 0. The fourth-order valence-electron chi connectivity index (χ4n) is 2.74. The molecule has 124 valence electrons. The maximum atomic E-state index is 12.2. The van der Waals surface area contributed by atoms with Gasteiger partial charge < -0.3 is 20.3 Å². The molecule has 2 N–H and O–H groups in total. The predicted molar refractivity (Wildman–Crippen MR) is 92.6 cm³/mol. The molecule has 0 aliphatic carbocycles. The second-order valence-electron chi connectivity index (χ2n) is 6.88. The normalized spacial score (nSPS) is 20.7. The van der Waals surface area contributed by atoms with E-state index >= 15 is 0 Å². The lowest BCUT2D eigenvalue weighted by molar-refractivity contribution is 0.0258. The molecule has 0 saturated carbocycles. The topological polar surface area (TPSA) is 53.6 Å². The van der Waals surface area contributed by atoms with E-state index in [1.165, 1.54) is 11.3 Å². The summed E-state index contributed by atoms with van der Waals surface area (Å²) in [6.45, 7) is 6.90. The quantitative estimate of drug-likeness (QED) is 0.783. The molecule has 1 unspecified atom stereocenters. The Morgan fingerprint density at radius 1 is 1.22 bits per heavy atom. The Bertz CT molecular complexity index is 634. The van der Waals surface area contributed by atoms with Gasteiger partial charge in [-0.2, -0.15) is 0 Å². The zero-order valence-electron chi connectivity index (χ0n) is 13.6. The van der Waals surface area contributed by atoms with E-state index in [9.17, 15) is 4.79 Å². The average molecular weight is 380 g/mol. The zero-order chi connectivity index (χ0) is 16.6. The molecular formula is C17H22BrN3O2. The summed E-state index contributed by atoms with van der Waals surface area (Å²) in [4.78, 5) is 14.0. The number of hydrogen-bond donors (Lipinski definition) is 2. The lowest BCUT2D eigenvalue weighted by Crippen LogP contribution is -2.41. The number of halogens is 1. The highest BCUT2D eigenvalue weighted by Gasteiger charge is 2.32. The largest absolute Gasteiger partial charge is 0.444 e. The van der Waals surface area contributed by atoms with Crippen molar-refractivity contribution in [2.45, 2.75) is 39.0 Å². The van der Waals surface area contributed by atoms with Gasteiger partial charge in [0.25, 0.3) is 0 Å². The summed E-state index contributed by atoms with van der Waals surface area (Å²) in [5.41, 5.74) is 2.98. The molecule has 5 nitrogen and oxygen atoms in total. The van der Waals surface area contributed by atoms with Gasteiger partial charge in [-0.3, -0.25) is 0 Å².